The van der Waals surface area contributed by atoms with Crippen LogP contribution in [0.2, 0.25) is 10.0 Å². The highest BCUT2D eigenvalue weighted by molar-refractivity contribution is 6.34. The second-order valence-corrected chi connectivity index (χ2v) is 10.3. The van der Waals surface area contributed by atoms with Crippen LogP contribution in [0.1, 0.15) is 42.1 Å². The maximum atomic E-state index is 13.1. The number of aromatic nitrogens is 2. The van der Waals surface area contributed by atoms with Crippen LogP contribution in [0.5, 0.6) is 5.88 Å². The number of likely N-dealkylation sites (tertiary alicyclic amines) is 1. The monoisotopic (exact) mass is 530 g/mol. The maximum Gasteiger partial charge on any atom is 0.341 e. The van der Waals surface area contributed by atoms with E-state index in [1.807, 2.05) is 10.6 Å². The van der Waals surface area contributed by atoms with Crippen molar-refractivity contribution in [3.8, 4) is 5.88 Å². The molecular formula is C26H28Cl2N4O4. The molecular weight excluding hydrogens is 503 g/mol. The summed E-state index contributed by atoms with van der Waals surface area (Å²) < 4.78 is 7.91. The molecule has 0 radical (unpaired) electrons. The predicted molar refractivity (Wildman–Crippen MR) is 141 cm³/mol. The zero-order valence-corrected chi connectivity index (χ0v) is 21.5. The van der Waals surface area contributed by atoms with E-state index in [9.17, 15) is 14.7 Å². The number of fused-ring (bicyclic) bond motifs is 1. The Morgan fingerprint density at radius 3 is 2.67 bits per heavy atom. The third kappa shape index (κ3) is 4.77. The smallest absolute Gasteiger partial charge is 0.341 e. The van der Waals surface area contributed by atoms with Gasteiger partial charge in [0.1, 0.15) is 17.2 Å². The fraction of sp³-hybridized carbons (Fsp3) is 0.423. The summed E-state index contributed by atoms with van der Waals surface area (Å²) in [7, 11) is 2.08. The minimum Gasteiger partial charge on any atom is -0.477 e. The van der Waals surface area contributed by atoms with Gasteiger partial charge in [0.25, 0.3) is 0 Å². The van der Waals surface area contributed by atoms with Crippen LogP contribution in [-0.4, -0.2) is 64.9 Å². The van der Waals surface area contributed by atoms with Gasteiger partial charge in [0, 0.05) is 30.4 Å². The number of rotatable bonds is 6. The van der Waals surface area contributed by atoms with E-state index in [0.717, 1.165) is 51.0 Å². The predicted octanol–water partition coefficient (Wildman–Crippen LogP) is 4.72. The molecule has 0 bridgehead atoms. The lowest BCUT2D eigenvalue weighted by molar-refractivity contribution is 0.0694. The fourth-order valence-corrected chi connectivity index (χ4v) is 5.73. The van der Waals surface area contributed by atoms with Crippen molar-refractivity contribution in [3.05, 3.63) is 62.5 Å². The molecule has 0 amide bonds. The number of ether oxygens (including phenoxy) is 1. The number of benzene rings is 1. The molecule has 1 N–H and O–H groups in total. The van der Waals surface area contributed by atoms with Gasteiger partial charge in [-0.3, -0.25) is 4.79 Å². The molecule has 4 heterocycles. The molecule has 8 nitrogen and oxygen atoms in total. The number of carboxylic acid groups (broad SMARTS) is 1. The van der Waals surface area contributed by atoms with E-state index in [0.29, 0.717) is 33.4 Å². The van der Waals surface area contributed by atoms with Crippen LogP contribution in [0, 0.1) is 0 Å². The largest absolute Gasteiger partial charge is 0.477 e. The van der Waals surface area contributed by atoms with E-state index in [1.165, 1.54) is 6.20 Å². The van der Waals surface area contributed by atoms with Gasteiger partial charge in [-0.15, -0.1) is 0 Å². The Hall–Kier alpha value is -2.81. The second-order valence-electron chi connectivity index (χ2n) is 9.53. The minimum absolute atomic E-state index is 0.0554. The summed E-state index contributed by atoms with van der Waals surface area (Å²) in [6.45, 7) is 3.00. The molecule has 2 saturated heterocycles. The Kier molecular flexibility index (Phi) is 7.10. The van der Waals surface area contributed by atoms with Crippen molar-refractivity contribution in [2.45, 2.75) is 37.8 Å². The Morgan fingerprint density at radius 2 is 1.94 bits per heavy atom. The van der Waals surface area contributed by atoms with Crippen molar-refractivity contribution < 1.29 is 14.6 Å². The number of nitrogens with zero attached hydrogens (tertiary/aromatic N) is 4. The van der Waals surface area contributed by atoms with Crippen LogP contribution in [0.25, 0.3) is 10.9 Å². The Labute approximate surface area is 219 Å². The van der Waals surface area contributed by atoms with E-state index < -0.39 is 11.4 Å². The maximum absolute atomic E-state index is 13.1. The van der Waals surface area contributed by atoms with Gasteiger partial charge >= 0.3 is 5.97 Å². The van der Waals surface area contributed by atoms with Crippen LogP contribution in [0.15, 0.2) is 41.5 Å². The normalized spacial score (nSPS) is 19.2. The number of carbonyl (C=O) groups is 1. The summed E-state index contributed by atoms with van der Waals surface area (Å²) in [5.41, 5.74) is 0.774. The summed E-state index contributed by atoms with van der Waals surface area (Å²) in [6.07, 6.45) is 6.78. The molecule has 0 saturated carbocycles. The van der Waals surface area contributed by atoms with Crippen molar-refractivity contribution in [3.63, 3.8) is 0 Å². The van der Waals surface area contributed by atoms with E-state index in [4.69, 9.17) is 27.9 Å². The topological polar surface area (TPSA) is 87.9 Å². The molecule has 3 aromatic rings. The van der Waals surface area contributed by atoms with E-state index in [1.54, 1.807) is 24.4 Å². The molecule has 2 aliphatic rings. The zero-order chi connectivity index (χ0) is 25.4. The number of aromatic carboxylic acids is 1. The standard InChI is InChI=1S/C26H28Cl2N4O4/c1-30-10-6-16(7-11-30)32-14-19(26(34)35)24(33)18-12-21(28)23(13-22(18)32)31-9-3-4-17(31)15-36-25-20(27)5-2-8-29-25/h2,5,8,12-14,16-17H,3-4,6-7,9-11,15H2,1H3,(H,34,35)/t17-/m1/s1. The molecule has 5 rings (SSSR count). The van der Waals surface area contributed by atoms with Crippen molar-refractivity contribution in [2.75, 3.05) is 38.2 Å². The highest BCUT2D eigenvalue weighted by Crippen LogP contribution is 2.37. The number of carboxylic acids is 1. The SMILES string of the molecule is CN1CCC(n2cc(C(=O)O)c(=O)c3cc(Cl)c(N4CCC[C@@H]4COc4ncccc4Cl)cc32)CC1. The minimum atomic E-state index is -1.23. The van der Waals surface area contributed by atoms with Crippen molar-refractivity contribution in [1.82, 2.24) is 14.5 Å². The fourth-order valence-electron chi connectivity index (χ4n) is 5.28. The lowest BCUT2D eigenvalue weighted by Gasteiger charge is -2.32. The summed E-state index contributed by atoms with van der Waals surface area (Å²) in [6, 6.07) is 7.21. The molecule has 2 fully saturated rings. The first-order chi connectivity index (χ1) is 17.3. The van der Waals surface area contributed by atoms with Crippen LogP contribution in [0.4, 0.5) is 5.69 Å². The Morgan fingerprint density at radius 1 is 1.17 bits per heavy atom. The van der Waals surface area contributed by atoms with Gasteiger partial charge in [0.2, 0.25) is 11.3 Å². The summed E-state index contributed by atoms with van der Waals surface area (Å²) in [5, 5.41) is 10.9. The number of halogens is 2. The highest BCUT2D eigenvalue weighted by atomic mass is 35.5. The lowest BCUT2D eigenvalue weighted by atomic mass is 10.0. The first-order valence-electron chi connectivity index (χ1n) is 12.1. The van der Waals surface area contributed by atoms with Gasteiger partial charge in [-0.05, 0) is 70.1 Å². The Balaban J connectivity index is 1.54. The third-order valence-corrected chi connectivity index (χ3v) is 7.83. The molecule has 0 spiro atoms. The van der Waals surface area contributed by atoms with Gasteiger partial charge in [0.05, 0.1) is 22.3 Å². The molecule has 10 heteroatoms. The number of piperidine rings is 1. The molecule has 2 aliphatic heterocycles. The molecule has 1 atom stereocenters. The number of pyridine rings is 2. The van der Waals surface area contributed by atoms with E-state index >= 15 is 0 Å². The average Bonchev–Trinajstić information content (AvgIpc) is 3.32. The van der Waals surface area contributed by atoms with Gasteiger partial charge in [-0.25, -0.2) is 9.78 Å². The van der Waals surface area contributed by atoms with Crippen LogP contribution in [0.3, 0.4) is 0 Å². The van der Waals surface area contributed by atoms with Gasteiger partial charge < -0.3 is 24.2 Å². The molecule has 36 heavy (non-hydrogen) atoms. The first-order valence-corrected chi connectivity index (χ1v) is 12.9. The molecule has 190 valence electrons. The number of hydrogen-bond acceptors (Lipinski definition) is 6. The van der Waals surface area contributed by atoms with Crippen LogP contribution >= 0.6 is 23.2 Å². The van der Waals surface area contributed by atoms with E-state index in [-0.39, 0.29) is 17.6 Å². The molecule has 1 aromatic carbocycles. The summed E-state index contributed by atoms with van der Waals surface area (Å²) in [4.78, 5) is 33.6. The average molecular weight is 531 g/mol. The zero-order valence-electron chi connectivity index (χ0n) is 20.0. The summed E-state index contributed by atoms with van der Waals surface area (Å²) in [5.74, 6) is -0.832. The second kappa shape index (κ2) is 10.3. The molecule has 0 unspecified atom stereocenters. The van der Waals surface area contributed by atoms with Crippen molar-refractivity contribution in [2.24, 2.45) is 0 Å². The van der Waals surface area contributed by atoms with Gasteiger partial charge in [0.15, 0.2) is 0 Å². The van der Waals surface area contributed by atoms with E-state index in [2.05, 4.69) is 21.8 Å². The van der Waals surface area contributed by atoms with Gasteiger partial charge in [-0.2, -0.15) is 0 Å². The molecule has 2 aromatic heterocycles. The van der Waals surface area contributed by atoms with Crippen LogP contribution in [-0.2, 0) is 0 Å². The van der Waals surface area contributed by atoms with Crippen LogP contribution < -0.4 is 15.1 Å². The van der Waals surface area contributed by atoms with Crippen molar-refractivity contribution >= 4 is 45.8 Å². The third-order valence-electron chi connectivity index (χ3n) is 7.24. The molecule has 0 aliphatic carbocycles. The highest BCUT2D eigenvalue weighted by Gasteiger charge is 2.29. The summed E-state index contributed by atoms with van der Waals surface area (Å²) >= 11 is 12.9. The van der Waals surface area contributed by atoms with Crippen molar-refractivity contribution in [1.29, 1.82) is 0 Å². The Bertz CT molecular complexity index is 1350. The number of hydrogen-bond donors (Lipinski definition) is 1. The first kappa shape index (κ1) is 24.9. The quantitative estimate of drug-likeness (QED) is 0.493. The number of anilines is 1. The van der Waals surface area contributed by atoms with Gasteiger partial charge in [-0.1, -0.05) is 23.2 Å². The lowest BCUT2D eigenvalue weighted by Crippen LogP contribution is -2.35.